The highest BCUT2D eigenvalue weighted by Gasteiger charge is 2.20. The van der Waals surface area contributed by atoms with Gasteiger partial charge in [-0.25, -0.2) is 14.6 Å². The molecule has 4 aromatic rings. The van der Waals surface area contributed by atoms with E-state index < -0.39 is 46.0 Å². The second-order valence-corrected chi connectivity index (χ2v) is 8.11. The Kier molecular flexibility index (Phi) is 6.60. The number of hydrogen-bond acceptors (Lipinski definition) is 8. The molecule has 3 N–H and O–H groups in total. The Labute approximate surface area is 208 Å². The number of anilines is 1. The van der Waals surface area contributed by atoms with Gasteiger partial charge in [-0.05, 0) is 34.1 Å². The lowest BCUT2D eigenvalue weighted by molar-refractivity contribution is -0.384. The lowest BCUT2D eigenvalue weighted by Crippen LogP contribution is -2.20. The van der Waals surface area contributed by atoms with Crippen LogP contribution >= 0.6 is 15.9 Å². The summed E-state index contributed by atoms with van der Waals surface area (Å²) in [6, 6.07) is 10.2. The van der Waals surface area contributed by atoms with Crippen LogP contribution in [0, 0.1) is 10.1 Å². The van der Waals surface area contributed by atoms with E-state index >= 15 is 0 Å². The number of amides is 1. The van der Waals surface area contributed by atoms with E-state index in [2.05, 4.69) is 31.2 Å². The van der Waals surface area contributed by atoms with Gasteiger partial charge in [-0.15, -0.1) is 0 Å². The van der Waals surface area contributed by atoms with Crippen LogP contribution < -0.4 is 16.3 Å². The first-order chi connectivity index (χ1) is 17.1. The maximum Gasteiger partial charge on any atom is 0.411 e. The van der Waals surface area contributed by atoms with Gasteiger partial charge in [-0.1, -0.05) is 12.1 Å². The second-order valence-electron chi connectivity index (χ2n) is 7.26. The smallest absolute Gasteiger partial charge is 0.411 e. The van der Waals surface area contributed by atoms with Gasteiger partial charge in [-0.3, -0.25) is 25.0 Å². The number of carboxylic acids is 1. The zero-order chi connectivity index (χ0) is 26.0. The number of benzene rings is 2. The summed E-state index contributed by atoms with van der Waals surface area (Å²) in [6.45, 7) is -0.438. The van der Waals surface area contributed by atoms with Crippen LogP contribution in [0.15, 0.2) is 68.9 Å². The first-order valence-corrected chi connectivity index (χ1v) is 10.8. The topological polar surface area (TPSA) is 187 Å². The minimum Gasteiger partial charge on any atom is -0.476 e. The van der Waals surface area contributed by atoms with Crippen molar-refractivity contribution in [1.29, 1.82) is 0 Å². The molecule has 0 saturated heterocycles. The summed E-state index contributed by atoms with van der Waals surface area (Å²) < 4.78 is 6.98. The zero-order valence-electron chi connectivity index (χ0n) is 17.9. The van der Waals surface area contributed by atoms with Crippen LogP contribution in [0.2, 0.25) is 0 Å². The quantitative estimate of drug-likeness (QED) is 0.237. The number of fused-ring (bicyclic) bond motifs is 1. The average Bonchev–Trinajstić information content (AvgIpc) is 2.83. The number of nitrogens with one attached hydrogen (secondary N) is 2. The first kappa shape index (κ1) is 24.3. The number of aromatic carboxylic acids is 1. The van der Waals surface area contributed by atoms with Crippen molar-refractivity contribution in [3.8, 4) is 5.69 Å². The fraction of sp³-hybridized carbons (Fsp3) is 0.0455. The number of para-hydroxylation sites is 1. The molecule has 36 heavy (non-hydrogen) atoms. The number of pyridine rings is 1. The predicted octanol–water partition coefficient (Wildman–Crippen LogP) is 3.19. The van der Waals surface area contributed by atoms with Crippen molar-refractivity contribution < 1.29 is 24.4 Å². The van der Waals surface area contributed by atoms with Gasteiger partial charge in [0.25, 0.3) is 11.2 Å². The number of nitro benzene ring substituents is 1. The SMILES string of the molecule is O=C(Nc1ccccc1Br)OCc1cn(-c2cc3nc(C(=O)O)c(=O)[nH]c3cc2[N+](=O)[O-])ccc1=O. The van der Waals surface area contributed by atoms with Crippen LogP contribution in [-0.4, -0.2) is 36.6 Å². The number of carbonyl (C=O) groups is 2. The fourth-order valence-corrected chi connectivity index (χ4v) is 3.63. The third kappa shape index (κ3) is 4.97. The molecule has 0 atom stereocenters. The Balaban J connectivity index is 1.68. The lowest BCUT2D eigenvalue weighted by atomic mass is 10.2. The van der Waals surface area contributed by atoms with Crippen molar-refractivity contribution in [2.75, 3.05) is 5.32 Å². The largest absolute Gasteiger partial charge is 0.476 e. The van der Waals surface area contributed by atoms with E-state index in [0.717, 1.165) is 12.1 Å². The number of ether oxygens (including phenoxy) is 1. The number of hydrogen-bond donors (Lipinski definition) is 3. The van der Waals surface area contributed by atoms with Gasteiger partial charge < -0.3 is 19.4 Å². The van der Waals surface area contributed by atoms with Crippen molar-refractivity contribution in [2.45, 2.75) is 6.61 Å². The van der Waals surface area contributed by atoms with E-state index in [1.807, 2.05) is 0 Å². The van der Waals surface area contributed by atoms with E-state index in [0.29, 0.717) is 10.2 Å². The van der Waals surface area contributed by atoms with E-state index in [1.165, 1.54) is 23.0 Å². The summed E-state index contributed by atoms with van der Waals surface area (Å²) in [5.74, 6) is -1.57. The molecule has 1 amide bonds. The summed E-state index contributed by atoms with van der Waals surface area (Å²) in [5, 5.41) is 23.4. The minimum absolute atomic E-state index is 0.00910. The van der Waals surface area contributed by atoms with Crippen molar-refractivity contribution in [2.24, 2.45) is 0 Å². The number of rotatable bonds is 6. The van der Waals surface area contributed by atoms with Gasteiger partial charge in [0, 0.05) is 29.0 Å². The number of aromatic amines is 1. The van der Waals surface area contributed by atoms with Gasteiger partial charge >= 0.3 is 12.1 Å². The maximum absolute atomic E-state index is 12.3. The molecule has 2 aromatic carbocycles. The van der Waals surface area contributed by atoms with Crippen molar-refractivity contribution in [3.63, 3.8) is 0 Å². The summed E-state index contributed by atoms with van der Waals surface area (Å²) in [7, 11) is 0. The standard InChI is InChI=1S/C22H14BrN5O8/c23-12-3-1-2-4-13(12)26-22(33)36-10-11-9-27(6-5-18(11)29)16-7-14-15(8-17(16)28(34)35)25-20(30)19(24-14)21(31)32/h1-9H,10H2,(H,25,30)(H,26,33)(H,31,32). The van der Waals surface area contributed by atoms with E-state index in [9.17, 15) is 29.3 Å². The summed E-state index contributed by atoms with van der Waals surface area (Å²) in [4.78, 5) is 64.7. The molecule has 0 aliphatic heterocycles. The molecule has 0 fully saturated rings. The molecule has 0 aliphatic carbocycles. The van der Waals surface area contributed by atoms with Gasteiger partial charge in [0.15, 0.2) is 5.43 Å². The number of nitrogens with zero attached hydrogens (tertiary/aromatic N) is 3. The Bertz CT molecular complexity index is 1660. The highest BCUT2D eigenvalue weighted by molar-refractivity contribution is 9.10. The summed E-state index contributed by atoms with van der Waals surface area (Å²) in [5.41, 5.74) is -2.42. The fourth-order valence-electron chi connectivity index (χ4n) is 3.25. The third-order valence-electron chi connectivity index (χ3n) is 4.93. The van der Waals surface area contributed by atoms with E-state index in [4.69, 9.17) is 9.84 Å². The molecule has 0 aliphatic rings. The number of carbonyl (C=O) groups excluding carboxylic acids is 1. The highest BCUT2D eigenvalue weighted by Crippen LogP contribution is 2.27. The van der Waals surface area contributed by atoms with Gasteiger partial charge in [-0.2, -0.15) is 0 Å². The average molecular weight is 556 g/mol. The molecule has 0 radical (unpaired) electrons. The van der Waals surface area contributed by atoms with Crippen LogP contribution in [0.5, 0.6) is 0 Å². The van der Waals surface area contributed by atoms with Crippen LogP contribution in [-0.2, 0) is 11.3 Å². The number of carboxylic acid groups (broad SMARTS) is 1. The Morgan fingerprint density at radius 1 is 1.22 bits per heavy atom. The molecule has 0 unspecified atom stereocenters. The summed E-state index contributed by atoms with van der Waals surface area (Å²) in [6.07, 6.45) is 1.67. The number of halogens is 1. The van der Waals surface area contributed by atoms with Gasteiger partial charge in [0.2, 0.25) is 5.69 Å². The van der Waals surface area contributed by atoms with Crippen molar-refractivity contribution in [1.82, 2.24) is 14.5 Å². The molecule has 4 rings (SSSR count). The molecule has 2 heterocycles. The monoisotopic (exact) mass is 555 g/mol. The van der Waals surface area contributed by atoms with E-state index in [-0.39, 0.29) is 22.3 Å². The molecule has 2 aromatic heterocycles. The van der Waals surface area contributed by atoms with E-state index in [1.54, 1.807) is 24.3 Å². The summed E-state index contributed by atoms with van der Waals surface area (Å²) >= 11 is 3.28. The maximum atomic E-state index is 12.3. The molecular formula is C22H14BrN5O8. The minimum atomic E-state index is -1.57. The molecule has 0 bridgehead atoms. The lowest BCUT2D eigenvalue weighted by Gasteiger charge is -2.11. The molecule has 0 saturated carbocycles. The third-order valence-corrected chi connectivity index (χ3v) is 5.62. The molecule has 182 valence electrons. The van der Waals surface area contributed by atoms with Crippen LogP contribution in [0.25, 0.3) is 16.7 Å². The Morgan fingerprint density at radius 3 is 2.67 bits per heavy atom. The van der Waals surface area contributed by atoms with Crippen molar-refractivity contribution in [3.05, 3.63) is 101 Å². The van der Waals surface area contributed by atoms with Gasteiger partial charge in [0.05, 0.1) is 27.2 Å². The van der Waals surface area contributed by atoms with Gasteiger partial charge in [0.1, 0.15) is 12.3 Å². The number of aromatic nitrogens is 3. The molecule has 14 heteroatoms. The highest BCUT2D eigenvalue weighted by atomic mass is 79.9. The van der Waals surface area contributed by atoms with Crippen LogP contribution in [0.4, 0.5) is 16.2 Å². The number of nitro groups is 1. The normalized spacial score (nSPS) is 10.7. The zero-order valence-corrected chi connectivity index (χ0v) is 19.5. The molecule has 13 nitrogen and oxygen atoms in total. The first-order valence-electron chi connectivity index (χ1n) is 9.99. The number of H-pyrrole nitrogens is 1. The molecule has 0 spiro atoms. The second kappa shape index (κ2) is 9.79. The predicted molar refractivity (Wildman–Crippen MR) is 130 cm³/mol. The van der Waals surface area contributed by atoms with Crippen LogP contribution in [0.3, 0.4) is 0 Å². The van der Waals surface area contributed by atoms with Crippen LogP contribution in [0.1, 0.15) is 16.1 Å². The Hall–Kier alpha value is -4.85. The van der Waals surface area contributed by atoms with Crippen molar-refractivity contribution >= 4 is 50.4 Å². The molecular weight excluding hydrogens is 542 g/mol. The Morgan fingerprint density at radius 2 is 1.97 bits per heavy atom.